The third-order valence-corrected chi connectivity index (χ3v) is 3.74. The molecule has 26 heavy (non-hydrogen) atoms. The second-order valence-electron chi connectivity index (χ2n) is 5.75. The minimum atomic E-state index is -0.256. The molecule has 0 amide bonds. The van der Waals surface area contributed by atoms with Gasteiger partial charge in [-0.2, -0.15) is 0 Å². The van der Waals surface area contributed by atoms with Gasteiger partial charge in [-0.1, -0.05) is 36.4 Å². The molecular formula is C20H26FN3O2. The summed E-state index contributed by atoms with van der Waals surface area (Å²) in [5.41, 5.74) is 2.66. The first-order chi connectivity index (χ1) is 12.7. The molecule has 0 atom stereocenters. The number of guanidine groups is 1. The van der Waals surface area contributed by atoms with Crippen molar-refractivity contribution >= 4 is 5.96 Å². The lowest BCUT2D eigenvalue weighted by molar-refractivity contribution is 0.125. The third kappa shape index (κ3) is 6.82. The van der Waals surface area contributed by atoms with Crippen LogP contribution in [0.2, 0.25) is 0 Å². The van der Waals surface area contributed by atoms with E-state index in [0.29, 0.717) is 37.8 Å². The van der Waals surface area contributed by atoms with E-state index in [-0.39, 0.29) is 12.4 Å². The standard InChI is InChI=1S/C20H26FN3O2/c1-22-20(23-10-11-26-14-16-6-4-3-5-7-16)24-13-17-8-9-19(21)18(12-17)15-25-2/h3-9,12H,10-11,13-15H2,1-2H3,(H2,22,23,24). The maximum absolute atomic E-state index is 13.6. The number of hydrogen-bond donors (Lipinski definition) is 2. The quantitative estimate of drug-likeness (QED) is 0.411. The Morgan fingerprint density at radius 3 is 2.58 bits per heavy atom. The van der Waals surface area contributed by atoms with Crippen LogP contribution in [0.15, 0.2) is 53.5 Å². The van der Waals surface area contributed by atoms with E-state index in [4.69, 9.17) is 9.47 Å². The van der Waals surface area contributed by atoms with E-state index < -0.39 is 0 Å². The van der Waals surface area contributed by atoms with Crippen LogP contribution in [-0.2, 0) is 29.2 Å². The van der Waals surface area contributed by atoms with Crippen LogP contribution in [0.1, 0.15) is 16.7 Å². The van der Waals surface area contributed by atoms with Gasteiger partial charge in [0, 0.05) is 32.8 Å². The highest BCUT2D eigenvalue weighted by Gasteiger charge is 2.04. The van der Waals surface area contributed by atoms with Crippen LogP contribution in [0.3, 0.4) is 0 Å². The maximum Gasteiger partial charge on any atom is 0.191 e. The summed E-state index contributed by atoms with van der Waals surface area (Å²) in [5.74, 6) is 0.416. The number of halogens is 1. The fourth-order valence-corrected chi connectivity index (χ4v) is 2.42. The number of hydrogen-bond acceptors (Lipinski definition) is 3. The predicted octanol–water partition coefficient (Wildman–Crippen LogP) is 2.85. The molecule has 0 bridgehead atoms. The normalized spacial score (nSPS) is 11.4. The molecule has 0 saturated heterocycles. The van der Waals surface area contributed by atoms with Gasteiger partial charge in [0.2, 0.25) is 0 Å². The van der Waals surface area contributed by atoms with Crippen LogP contribution in [0.5, 0.6) is 0 Å². The molecule has 0 spiro atoms. The van der Waals surface area contributed by atoms with Gasteiger partial charge in [0.25, 0.3) is 0 Å². The molecule has 5 nitrogen and oxygen atoms in total. The summed E-state index contributed by atoms with van der Waals surface area (Å²) >= 11 is 0. The molecule has 0 unspecified atom stereocenters. The van der Waals surface area contributed by atoms with Crippen LogP contribution in [0.4, 0.5) is 4.39 Å². The van der Waals surface area contributed by atoms with Gasteiger partial charge in [0.1, 0.15) is 5.82 Å². The summed E-state index contributed by atoms with van der Waals surface area (Å²) in [6.07, 6.45) is 0. The Labute approximate surface area is 154 Å². The van der Waals surface area contributed by atoms with Crippen LogP contribution in [0, 0.1) is 5.82 Å². The average molecular weight is 359 g/mol. The number of ether oxygens (including phenoxy) is 2. The second-order valence-corrected chi connectivity index (χ2v) is 5.75. The van der Waals surface area contributed by atoms with Crippen LogP contribution < -0.4 is 10.6 Å². The van der Waals surface area contributed by atoms with Crippen molar-refractivity contribution in [2.75, 3.05) is 27.3 Å². The van der Waals surface area contributed by atoms with E-state index in [9.17, 15) is 4.39 Å². The van der Waals surface area contributed by atoms with Gasteiger partial charge in [-0.25, -0.2) is 4.39 Å². The molecule has 0 radical (unpaired) electrons. The SMILES string of the molecule is CN=C(NCCOCc1ccccc1)NCc1ccc(F)c(COC)c1. The van der Waals surface area contributed by atoms with Crippen molar-refractivity contribution in [2.24, 2.45) is 4.99 Å². The van der Waals surface area contributed by atoms with E-state index in [2.05, 4.69) is 15.6 Å². The Kier molecular flexibility index (Phi) is 8.59. The number of aliphatic imine (C=N–C) groups is 1. The molecule has 0 aliphatic carbocycles. The Morgan fingerprint density at radius 2 is 1.85 bits per heavy atom. The lowest BCUT2D eigenvalue weighted by atomic mass is 10.1. The molecule has 0 aliphatic rings. The fourth-order valence-electron chi connectivity index (χ4n) is 2.42. The number of nitrogens with zero attached hydrogens (tertiary/aromatic N) is 1. The molecule has 2 aromatic carbocycles. The van der Waals surface area contributed by atoms with Crippen LogP contribution in [-0.4, -0.2) is 33.3 Å². The zero-order chi connectivity index (χ0) is 18.6. The lowest BCUT2D eigenvalue weighted by Crippen LogP contribution is -2.38. The predicted molar refractivity (Wildman–Crippen MR) is 101 cm³/mol. The van der Waals surface area contributed by atoms with Gasteiger partial charge < -0.3 is 20.1 Å². The Balaban J connectivity index is 1.70. The Morgan fingerprint density at radius 1 is 1.04 bits per heavy atom. The molecule has 2 N–H and O–H groups in total. The molecule has 0 saturated carbocycles. The number of benzene rings is 2. The highest BCUT2D eigenvalue weighted by atomic mass is 19.1. The van der Waals surface area contributed by atoms with Gasteiger partial charge >= 0.3 is 0 Å². The monoisotopic (exact) mass is 359 g/mol. The molecule has 140 valence electrons. The molecule has 2 rings (SSSR count). The van der Waals surface area contributed by atoms with Crippen molar-refractivity contribution in [3.63, 3.8) is 0 Å². The van der Waals surface area contributed by atoms with E-state index in [1.165, 1.54) is 6.07 Å². The molecular weight excluding hydrogens is 333 g/mol. The fraction of sp³-hybridized carbons (Fsp3) is 0.350. The molecule has 0 aliphatic heterocycles. The minimum Gasteiger partial charge on any atom is -0.380 e. The van der Waals surface area contributed by atoms with E-state index in [1.54, 1.807) is 26.3 Å². The second kappa shape index (κ2) is 11.2. The van der Waals surface area contributed by atoms with Crippen molar-refractivity contribution in [1.82, 2.24) is 10.6 Å². The Bertz CT molecular complexity index is 693. The van der Waals surface area contributed by atoms with Crippen molar-refractivity contribution < 1.29 is 13.9 Å². The molecule has 0 heterocycles. The summed E-state index contributed by atoms with van der Waals surface area (Å²) in [5, 5.41) is 6.40. The van der Waals surface area contributed by atoms with Gasteiger partial charge in [-0.15, -0.1) is 0 Å². The van der Waals surface area contributed by atoms with Crippen molar-refractivity contribution in [1.29, 1.82) is 0 Å². The smallest absolute Gasteiger partial charge is 0.191 e. The summed E-state index contributed by atoms with van der Waals surface area (Å²) in [4.78, 5) is 4.18. The van der Waals surface area contributed by atoms with Crippen molar-refractivity contribution in [2.45, 2.75) is 19.8 Å². The average Bonchev–Trinajstić information content (AvgIpc) is 2.67. The summed E-state index contributed by atoms with van der Waals surface area (Å²) in [6, 6.07) is 15.0. The summed E-state index contributed by atoms with van der Waals surface area (Å²) < 4.78 is 24.3. The third-order valence-electron chi connectivity index (χ3n) is 3.74. The molecule has 0 aromatic heterocycles. The number of nitrogens with one attached hydrogen (secondary N) is 2. The zero-order valence-corrected chi connectivity index (χ0v) is 15.3. The first-order valence-corrected chi connectivity index (χ1v) is 8.55. The highest BCUT2D eigenvalue weighted by Crippen LogP contribution is 2.11. The largest absolute Gasteiger partial charge is 0.380 e. The summed E-state index contributed by atoms with van der Waals surface area (Å²) in [7, 11) is 3.26. The molecule has 2 aromatic rings. The van der Waals surface area contributed by atoms with Crippen LogP contribution >= 0.6 is 0 Å². The number of rotatable bonds is 9. The highest BCUT2D eigenvalue weighted by molar-refractivity contribution is 5.79. The van der Waals surface area contributed by atoms with Crippen LogP contribution in [0.25, 0.3) is 0 Å². The topological polar surface area (TPSA) is 54.9 Å². The van der Waals surface area contributed by atoms with Gasteiger partial charge in [-0.05, 0) is 23.3 Å². The van der Waals surface area contributed by atoms with E-state index in [1.807, 2.05) is 30.3 Å². The van der Waals surface area contributed by atoms with Crippen molar-refractivity contribution in [3.05, 3.63) is 71.0 Å². The minimum absolute atomic E-state index is 0.255. The first-order valence-electron chi connectivity index (χ1n) is 8.55. The van der Waals surface area contributed by atoms with Gasteiger partial charge in [0.15, 0.2) is 5.96 Å². The first kappa shape index (κ1) is 19.9. The van der Waals surface area contributed by atoms with E-state index >= 15 is 0 Å². The molecule has 0 fully saturated rings. The van der Waals surface area contributed by atoms with Gasteiger partial charge in [0.05, 0.1) is 19.8 Å². The molecule has 6 heteroatoms. The number of methoxy groups -OCH3 is 1. The maximum atomic E-state index is 13.6. The zero-order valence-electron chi connectivity index (χ0n) is 15.3. The van der Waals surface area contributed by atoms with Gasteiger partial charge in [-0.3, -0.25) is 4.99 Å². The summed E-state index contributed by atoms with van der Waals surface area (Å²) in [6.45, 7) is 2.61. The van der Waals surface area contributed by atoms with Crippen molar-refractivity contribution in [3.8, 4) is 0 Å². The lowest BCUT2D eigenvalue weighted by Gasteiger charge is -2.13. The van der Waals surface area contributed by atoms with E-state index in [0.717, 1.165) is 11.1 Å². The Hall–Kier alpha value is -2.44.